The number of imide groups is 1. The molecule has 3 amide bonds. The molecule has 0 radical (unpaired) electrons. The number of hydrogen-bond acceptors (Lipinski definition) is 5. The van der Waals surface area contributed by atoms with Gasteiger partial charge in [-0.05, 0) is 18.2 Å². The molecule has 8 heteroatoms. The van der Waals surface area contributed by atoms with E-state index in [-0.39, 0.29) is 24.3 Å². The standard InChI is InChI=1S/C13H16N2O6/c1-14-13(19)15-11(16)5-6-21-10-7-8(12(17)18)3-4-9(10)20-2/h3-4,7H,5-6H2,1-2H3,(H,17,18)(H2,14,15,16,19). The van der Waals surface area contributed by atoms with Crippen LogP contribution in [0.4, 0.5) is 4.79 Å². The Bertz CT molecular complexity index is 543. The average molecular weight is 296 g/mol. The third kappa shape index (κ3) is 5.01. The van der Waals surface area contributed by atoms with E-state index in [1.54, 1.807) is 0 Å². The summed E-state index contributed by atoms with van der Waals surface area (Å²) in [6, 6.07) is 3.54. The topological polar surface area (TPSA) is 114 Å². The van der Waals surface area contributed by atoms with Crippen LogP contribution in [0.3, 0.4) is 0 Å². The number of carbonyl (C=O) groups excluding carboxylic acids is 2. The minimum absolute atomic E-state index is 0.0255. The maximum atomic E-state index is 11.4. The molecule has 1 aromatic carbocycles. The third-order valence-electron chi connectivity index (χ3n) is 2.48. The van der Waals surface area contributed by atoms with Crippen molar-refractivity contribution in [3.05, 3.63) is 23.8 Å². The van der Waals surface area contributed by atoms with Crippen molar-refractivity contribution in [2.45, 2.75) is 6.42 Å². The van der Waals surface area contributed by atoms with Crippen LogP contribution in [0.25, 0.3) is 0 Å². The number of carboxylic acids is 1. The van der Waals surface area contributed by atoms with Crippen molar-refractivity contribution in [2.24, 2.45) is 0 Å². The fourth-order valence-electron chi connectivity index (χ4n) is 1.43. The first-order chi connectivity index (χ1) is 9.97. The summed E-state index contributed by atoms with van der Waals surface area (Å²) >= 11 is 0. The molecule has 0 heterocycles. The SMILES string of the molecule is CNC(=O)NC(=O)CCOc1cc(C(=O)O)ccc1OC. The molecule has 0 atom stereocenters. The first-order valence-corrected chi connectivity index (χ1v) is 6.03. The van der Waals surface area contributed by atoms with Gasteiger partial charge in [0, 0.05) is 7.05 Å². The highest BCUT2D eigenvalue weighted by molar-refractivity contribution is 5.94. The Morgan fingerprint density at radius 2 is 1.95 bits per heavy atom. The van der Waals surface area contributed by atoms with Gasteiger partial charge in [0.1, 0.15) is 0 Å². The van der Waals surface area contributed by atoms with Crippen LogP contribution >= 0.6 is 0 Å². The fourth-order valence-corrected chi connectivity index (χ4v) is 1.43. The highest BCUT2D eigenvalue weighted by Crippen LogP contribution is 2.28. The molecule has 21 heavy (non-hydrogen) atoms. The van der Waals surface area contributed by atoms with Crippen molar-refractivity contribution in [3.63, 3.8) is 0 Å². The predicted molar refractivity (Wildman–Crippen MR) is 72.7 cm³/mol. The first-order valence-electron chi connectivity index (χ1n) is 6.03. The number of hydrogen-bond donors (Lipinski definition) is 3. The lowest BCUT2D eigenvalue weighted by Crippen LogP contribution is -2.37. The first kappa shape index (κ1) is 16.3. The second-order valence-corrected chi connectivity index (χ2v) is 3.90. The van der Waals surface area contributed by atoms with E-state index in [0.717, 1.165) is 0 Å². The van der Waals surface area contributed by atoms with Crippen LogP contribution in [-0.2, 0) is 4.79 Å². The molecule has 1 rings (SSSR count). The number of nitrogens with one attached hydrogen (secondary N) is 2. The van der Waals surface area contributed by atoms with Crippen LogP contribution in [0.15, 0.2) is 18.2 Å². The van der Waals surface area contributed by atoms with E-state index in [4.69, 9.17) is 14.6 Å². The van der Waals surface area contributed by atoms with Crippen LogP contribution in [0.5, 0.6) is 11.5 Å². The van der Waals surface area contributed by atoms with E-state index in [1.165, 1.54) is 32.4 Å². The predicted octanol–water partition coefficient (Wildman–Crippen LogP) is 0.618. The summed E-state index contributed by atoms with van der Waals surface area (Å²) in [6.07, 6.45) is -0.0616. The molecule has 8 nitrogen and oxygen atoms in total. The molecular weight excluding hydrogens is 280 g/mol. The van der Waals surface area contributed by atoms with Gasteiger partial charge >= 0.3 is 12.0 Å². The van der Waals surface area contributed by atoms with Gasteiger partial charge in [0.05, 0.1) is 25.7 Å². The van der Waals surface area contributed by atoms with Gasteiger partial charge in [0.15, 0.2) is 11.5 Å². The second kappa shape index (κ2) is 7.73. The molecule has 0 aliphatic rings. The lowest BCUT2D eigenvalue weighted by Gasteiger charge is -2.11. The van der Waals surface area contributed by atoms with Crippen molar-refractivity contribution in [1.82, 2.24) is 10.6 Å². The monoisotopic (exact) mass is 296 g/mol. The number of carbonyl (C=O) groups is 3. The Morgan fingerprint density at radius 1 is 1.24 bits per heavy atom. The third-order valence-corrected chi connectivity index (χ3v) is 2.48. The highest BCUT2D eigenvalue weighted by atomic mass is 16.5. The van der Waals surface area contributed by atoms with Gasteiger partial charge in [0.2, 0.25) is 5.91 Å². The number of benzene rings is 1. The van der Waals surface area contributed by atoms with Crippen molar-refractivity contribution >= 4 is 17.9 Å². The summed E-state index contributed by atoms with van der Waals surface area (Å²) in [5.41, 5.74) is 0.0422. The molecule has 1 aromatic rings. The van der Waals surface area contributed by atoms with Gasteiger partial charge in [-0.3, -0.25) is 10.1 Å². The minimum atomic E-state index is -1.10. The molecule has 0 unspecified atom stereocenters. The zero-order chi connectivity index (χ0) is 15.8. The molecule has 0 spiro atoms. The number of ether oxygens (including phenoxy) is 2. The van der Waals surface area contributed by atoms with Crippen LogP contribution < -0.4 is 20.1 Å². The van der Waals surface area contributed by atoms with Gasteiger partial charge in [-0.15, -0.1) is 0 Å². The maximum Gasteiger partial charge on any atom is 0.335 e. The second-order valence-electron chi connectivity index (χ2n) is 3.90. The van der Waals surface area contributed by atoms with E-state index in [9.17, 15) is 14.4 Å². The van der Waals surface area contributed by atoms with Crippen molar-refractivity contribution < 1.29 is 29.0 Å². The number of carboxylic acid groups (broad SMARTS) is 1. The summed E-state index contributed by atoms with van der Waals surface area (Å²) in [7, 11) is 2.81. The summed E-state index contributed by atoms with van der Waals surface area (Å²) in [4.78, 5) is 33.1. The Morgan fingerprint density at radius 3 is 2.52 bits per heavy atom. The number of rotatable bonds is 6. The van der Waals surface area contributed by atoms with E-state index in [0.29, 0.717) is 5.75 Å². The Hall–Kier alpha value is -2.77. The number of amides is 3. The molecule has 0 aromatic heterocycles. The Kier molecular flexibility index (Phi) is 5.99. The van der Waals surface area contributed by atoms with Gasteiger partial charge in [-0.2, -0.15) is 0 Å². The Balaban J connectivity index is 2.61. The molecule has 114 valence electrons. The average Bonchev–Trinajstić information content (AvgIpc) is 2.46. The van der Waals surface area contributed by atoms with Gasteiger partial charge in [0.25, 0.3) is 0 Å². The van der Waals surface area contributed by atoms with Gasteiger partial charge < -0.3 is 19.9 Å². The lowest BCUT2D eigenvalue weighted by atomic mass is 10.2. The molecule has 0 aliphatic carbocycles. The largest absolute Gasteiger partial charge is 0.493 e. The van der Waals surface area contributed by atoms with Crippen LogP contribution in [-0.4, -0.2) is 43.8 Å². The van der Waals surface area contributed by atoms with Gasteiger partial charge in [-0.1, -0.05) is 0 Å². The van der Waals surface area contributed by atoms with E-state index in [2.05, 4.69) is 10.6 Å². The molecular formula is C13H16N2O6. The minimum Gasteiger partial charge on any atom is -0.493 e. The Labute approximate surface area is 121 Å². The van der Waals surface area contributed by atoms with E-state index >= 15 is 0 Å². The summed E-state index contributed by atoms with van der Waals surface area (Å²) in [5, 5.41) is 13.2. The smallest absolute Gasteiger partial charge is 0.335 e. The highest BCUT2D eigenvalue weighted by Gasteiger charge is 2.11. The zero-order valence-electron chi connectivity index (χ0n) is 11.6. The van der Waals surface area contributed by atoms with Crippen LogP contribution in [0.2, 0.25) is 0 Å². The van der Waals surface area contributed by atoms with Crippen molar-refractivity contribution in [1.29, 1.82) is 0 Å². The molecule has 0 saturated carbocycles. The molecule has 0 saturated heterocycles. The van der Waals surface area contributed by atoms with Crippen LogP contribution in [0.1, 0.15) is 16.8 Å². The van der Waals surface area contributed by atoms with E-state index < -0.39 is 17.9 Å². The summed E-state index contributed by atoms with van der Waals surface area (Å²) < 4.78 is 10.4. The molecule has 3 N–H and O–H groups in total. The number of aromatic carboxylic acids is 1. The van der Waals surface area contributed by atoms with Gasteiger partial charge in [-0.25, -0.2) is 9.59 Å². The molecule has 0 bridgehead atoms. The number of methoxy groups -OCH3 is 1. The quantitative estimate of drug-likeness (QED) is 0.709. The van der Waals surface area contributed by atoms with Crippen molar-refractivity contribution in [3.8, 4) is 11.5 Å². The molecule has 0 aliphatic heterocycles. The fraction of sp³-hybridized carbons (Fsp3) is 0.308. The van der Waals surface area contributed by atoms with Crippen molar-refractivity contribution in [2.75, 3.05) is 20.8 Å². The van der Waals surface area contributed by atoms with E-state index in [1.807, 2.05) is 0 Å². The normalized spacial score (nSPS) is 9.62. The van der Waals surface area contributed by atoms with Crippen LogP contribution in [0, 0.1) is 0 Å². The number of urea groups is 1. The lowest BCUT2D eigenvalue weighted by molar-refractivity contribution is -0.120. The summed E-state index contributed by atoms with van der Waals surface area (Å²) in [5.74, 6) is -1.04. The maximum absolute atomic E-state index is 11.4. The molecule has 0 fully saturated rings. The summed E-state index contributed by atoms with van der Waals surface area (Å²) in [6.45, 7) is -0.0255. The zero-order valence-corrected chi connectivity index (χ0v) is 11.6.